The summed E-state index contributed by atoms with van der Waals surface area (Å²) >= 11 is 12.5. The monoisotopic (exact) mass is 365 g/mol. The molecule has 2 rings (SSSR count). The van der Waals surface area contributed by atoms with Gasteiger partial charge in [0.25, 0.3) is 0 Å². The minimum atomic E-state index is 0.351. The highest BCUT2D eigenvalue weighted by atomic mass is 35.5. The van der Waals surface area contributed by atoms with E-state index in [0.717, 1.165) is 11.1 Å². The van der Waals surface area contributed by atoms with Crippen LogP contribution in [0.1, 0.15) is 18.1 Å². The molecule has 5 heteroatoms. The highest BCUT2D eigenvalue weighted by molar-refractivity contribution is 6.31. The van der Waals surface area contributed by atoms with E-state index in [0.29, 0.717) is 47.8 Å². The quantitative estimate of drug-likeness (QED) is 0.486. The molecule has 1 N–H and O–H groups in total. The van der Waals surface area contributed by atoms with E-state index in [4.69, 9.17) is 32.7 Å². The van der Waals surface area contributed by atoms with E-state index in [2.05, 4.69) is 11.9 Å². The van der Waals surface area contributed by atoms with Crippen molar-refractivity contribution in [3.63, 3.8) is 0 Å². The van der Waals surface area contributed by atoms with E-state index in [1.807, 2.05) is 37.3 Å². The third-order valence-corrected chi connectivity index (χ3v) is 4.08. The molecule has 2 aromatic carbocycles. The molecule has 24 heavy (non-hydrogen) atoms. The number of hydrogen-bond acceptors (Lipinski definition) is 3. The molecule has 0 atom stereocenters. The molecule has 0 spiro atoms. The van der Waals surface area contributed by atoms with Crippen molar-refractivity contribution in [1.29, 1.82) is 0 Å². The van der Waals surface area contributed by atoms with Gasteiger partial charge in [-0.05, 0) is 24.6 Å². The van der Waals surface area contributed by atoms with Crippen LogP contribution in [-0.4, -0.2) is 13.2 Å². The van der Waals surface area contributed by atoms with Gasteiger partial charge < -0.3 is 14.8 Å². The van der Waals surface area contributed by atoms with Gasteiger partial charge in [-0.15, -0.1) is 6.58 Å². The van der Waals surface area contributed by atoms with Crippen LogP contribution in [0, 0.1) is 0 Å². The smallest absolute Gasteiger partial charge is 0.163 e. The van der Waals surface area contributed by atoms with Gasteiger partial charge in [0.15, 0.2) is 11.5 Å². The second-order valence-corrected chi connectivity index (χ2v) is 5.94. The first-order valence-electron chi connectivity index (χ1n) is 7.78. The van der Waals surface area contributed by atoms with Gasteiger partial charge in [0.05, 0.1) is 6.61 Å². The van der Waals surface area contributed by atoms with E-state index in [1.165, 1.54) is 0 Å². The standard InChI is InChI=1S/C19H21Cl2NO2/c1-3-9-22-12-15-10-18(23-4-2)19(11-17(15)21)24-13-14-7-5-6-8-16(14)20/h3,5-8,10-11,22H,1,4,9,12-13H2,2H3. The number of benzene rings is 2. The number of rotatable bonds is 9. The van der Waals surface area contributed by atoms with E-state index in [-0.39, 0.29) is 0 Å². The maximum Gasteiger partial charge on any atom is 0.163 e. The minimum absolute atomic E-state index is 0.351. The van der Waals surface area contributed by atoms with E-state index in [1.54, 1.807) is 12.1 Å². The summed E-state index contributed by atoms with van der Waals surface area (Å²) < 4.78 is 11.6. The molecule has 0 bridgehead atoms. The lowest BCUT2D eigenvalue weighted by molar-refractivity contribution is 0.269. The van der Waals surface area contributed by atoms with Gasteiger partial charge in [-0.25, -0.2) is 0 Å². The van der Waals surface area contributed by atoms with Crippen molar-refractivity contribution in [2.45, 2.75) is 20.1 Å². The van der Waals surface area contributed by atoms with Crippen molar-refractivity contribution in [3.8, 4) is 11.5 Å². The Kier molecular flexibility index (Phi) is 7.44. The van der Waals surface area contributed by atoms with E-state index >= 15 is 0 Å². The summed E-state index contributed by atoms with van der Waals surface area (Å²) in [5, 5.41) is 4.53. The van der Waals surface area contributed by atoms with Gasteiger partial charge in [0, 0.05) is 34.8 Å². The van der Waals surface area contributed by atoms with Crippen LogP contribution >= 0.6 is 23.2 Å². The SMILES string of the molecule is C=CCNCc1cc(OCC)c(OCc2ccccc2Cl)cc1Cl. The Hall–Kier alpha value is -1.68. The van der Waals surface area contributed by atoms with Crippen molar-refractivity contribution in [3.05, 3.63) is 70.2 Å². The lowest BCUT2D eigenvalue weighted by Gasteiger charge is -2.15. The van der Waals surface area contributed by atoms with Crippen LogP contribution < -0.4 is 14.8 Å². The summed E-state index contributed by atoms with van der Waals surface area (Å²) in [6.07, 6.45) is 1.80. The van der Waals surface area contributed by atoms with Crippen molar-refractivity contribution in [2.75, 3.05) is 13.2 Å². The van der Waals surface area contributed by atoms with Crippen molar-refractivity contribution in [1.82, 2.24) is 5.32 Å². The molecule has 0 aliphatic rings. The molecule has 0 aliphatic carbocycles. The number of nitrogens with one attached hydrogen (secondary N) is 1. The topological polar surface area (TPSA) is 30.5 Å². The van der Waals surface area contributed by atoms with E-state index < -0.39 is 0 Å². The van der Waals surface area contributed by atoms with Crippen molar-refractivity contribution < 1.29 is 9.47 Å². The molecular weight excluding hydrogens is 345 g/mol. The normalized spacial score (nSPS) is 10.5. The Morgan fingerprint density at radius 2 is 1.79 bits per heavy atom. The predicted octanol–water partition coefficient (Wildman–Crippen LogP) is 5.25. The second kappa shape index (κ2) is 9.58. The highest BCUT2D eigenvalue weighted by Crippen LogP contribution is 2.34. The summed E-state index contributed by atoms with van der Waals surface area (Å²) in [4.78, 5) is 0. The summed E-state index contributed by atoms with van der Waals surface area (Å²) in [5.74, 6) is 1.28. The molecule has 0 heterocycles. The lowest BCUT2D eigenvalue weighted by Crippen LogP contribution is -2.13. The van der Waals surface area contributed by atoms with Gasteiger partial charge in [-0.2, -0.15) is 0 Å². The molecule has 0 amide bonds. The van der Waals surface area contributed by atoms with Gasteiger partial charge in [0.1, 0.15) is 6.61 Å². The summed E-state index contributed by atoms with van der Waals surface area (Å²) in [6.45, 7) is 7.86. The number of ether oxygens (including phenoxy) is 2. The highest BCUT2D eigenvalue weighted by Gasteiger charge is 2.12. The predicted molar refractivity (Wildman–Crippen MR) is 100 cm³/mol. The largest absolute Gasteiger partial charge is 0.490 e. The van der Waals surface area contributed by atoms with E-state index in [9.17, 15) is 0 Å². The van der Waals surface area contributed by atoms with Crippen LogP contribution in [0.5, 0.6) is 11.5 Å². The maximum atomic E-state index is 6.37. The summed E-state index contributed by atoms with van der Waals surface area (Å²) in [5.41, 5.74) is 1.86. The first-order chi connectivity index (χ1) is 11.7. The third-order valence-electron chi connectivity index (χ3n) is 3.36. The lowest BCUT2D eigenvalue weighted by atomic mass is 10.2. The van der Waals surface area contributed by atoms with Crippen molar-refractivity contribution in [2.24, 2.45) is 0 Å². The van der Waals surface area contributed by atoms with Crippen molar-refractivity contribution >= 4 is 23.2 Å². The Bertz CT molecular complexity index is 689. The molecule has 128 valence electrons. The Morgan fingerprint density at radius 3 is 2.50 bits per heavy atom. The van der Waals surface area contributed by atoms with Gasteiger partial charge in [0.2, 0.25) is 0 Å². The first-order valence-corrected chi connectivity index (χ1v) is 8.54. The average molecular weight is 366 g/mol. The zero-order valence-electron chi connectivity index (χ0n) is 13.6. The Morgan fingerprint density at radius 1 is 1.04 bits per heavy atom. The van der Waals surface area contributed by atoms with Crippen LogP contribution in [0.3, 0.4) is 0 Å². The first kappa shape index (κ1) is 18.7. The maximum absolute atomic E-state index is 6.37. The fourth-order valence-corrected chi connectivity index (χ4v) is 2.58. The molecule has 0 aromatic heterocycles. The fraction of sp³-hybridized carbons (Fsp3) is 0.263. The number of halogens is 2. The van der Waals surface area contributed by atoms with Crippen LogP contribution in [0.15, 0.2) is 49.1 Å². The average Bonchev–Trinajstić information content (AvgIpc) is 2.57. The third kappa shape index (κ3) is 5.17. The number of hydrogen-bond donors (Lipinski definition) is 1. The second-order valence-electron chi connectivity index (χ2n) is 5.12. The molecule has 0 saturated carbocycles. The molecule has 0 fully saturated rings. The summed E-state index contributed by atoms with van der Waals surface area (Å²) in [7, 11) is 0. The zero-order chi connectivity index (χ0) is 17.4. The fourth-order valence-electron chi connectivity index (χ4n) is 2.17. The van der Waals surface area contributed by atoms with Crippen LogP contribution in [0.2, 0.25) is 10.0 Å². The molecule has 0 radical (unpaired) electrons. The summed E-state index contributed by atoms with van der Waals surface area (Å²) in [6, 6.07) is 11.3. The van der Waals surface area contributed by atoms with Gasteiger partial charge in [-0.1, -0.05) is 47.5 Å². The van der Waals surface area contributed by atoms with Gasteiger partial charge >= 0.3 is 0 Å². The zero-order valence-corrected chi connectivity index (χ0v) is 15.2. The molecular formula is C19H21Cl2NO2. The Balaban J connectivity index is 2.17. The molecule has 0 unspecified atom stereocenters. The van der Waals surface area contributed by atoms with Crippen LogP contribution in [0.25, 0.3) is 0 Å². The molecule has 0 saturated heterocycles. The van der Waals surface area contributed by atoms with Gasteiger partial charge in [-0.3, -0.25) is 0 Å². The van der Waals surface area contributed by atoms with Crippen LogP contribution in [0.4, 0.5) is 0 Å². The Labute approximate surface area is 153 Å². The molecule has 0 aliphatic heterocycles. The molecule has 2 aromatic rings. The van der Waals surface area contributed by atoms with Crippen LogP contribution in [-0.2, 0) is 13.2 Å². The molecule has 3 nitrogen and oxygen atoms in total. The minimum Gasteiger partial charge on any atom is -0.490 e.